The molecule has 0 aliphatic rings. The van der Waals surface area contributed by atoms with Crippen LogP contribution in [0.5, 0.6) is 0 Å². The maximum absolute atomic E-state index is 12.4. The van der Waals surface area contributed by atoms with Crippen LogP contribution in [0.2, 0.25) is 0 Å². The molecule has 0 unspecified atom stereocenters. The fourth-order valence-corrected chi connectivity index (χ4v) is 2.96. The number of carbonyl (C=O) groups is 1. The lowest BCUT2D eigenvalue weighted by Crippen LogP contribution is -2.39. The van der Waals surface area contributed by atoms with Gasteiger partial charge in [-0.05, 0) is 24.3 Å². The highest BCUT2D eigenvalue weighted by molar-refractivity contribution is 5.78. The van der Waals surface area contributed by atoms with E-state index in [9.17, 15) is 14.4 Å². The summed E-state index contributed by atoms with van der Waals surface area (Å²) in [6.07, 6.45) is 2.84. The highest BCUT2D eigenvalue weighted by Gasteiger charge is 2.06. The molecule has 9 heteroatoms. The Balaban J connectivity index is 1.34. The predicted octanol–water partition coefficient (Wildman–Crippen LogP) is 0.427. The molecule has 0 radical (unpaired) electrons. The number of rotatable bonds is 6. The molecule has 4 rings (SSSR count). The smallest absolute Gasteiger partial charge is 0.262 e. The van der Waals surface area contributed by atoms with Crippen LogP contribution in [0, 0.1) is 0 Å². The number of carbonyl (C=O) groups excluding carboxylic acids is 1. The van der Waals surface area contributed by atoms with E-state index < -0.39 is 0 Å². The first kappa shape index (κ1) is 18.5. The second kappa shape index (κ2) is 8.03. The second-order valence-electron chi connectivity index (χ2n) is 6.42. The molecule has 29 heavy (non-hydrogen) atoms. The Morgan fingerprint density at radius 2 is 1.31 bits per heavy atom. The summed E-state index contributed by atoms with van der Waals surface area (Å²) < 4.78 is 2.73. The van der Waals surface area contributed by atoms with E-state index in [1.807, 2.05) is 12.1 Å². The lowest BCUT2D eigenvalue weighted by Gasteiger charge is -2.10. The van der Waals surface area contributed by atoms with Crippen molar-refractivity contribution in [2.75, 3.05) is 6.54 Å². The molecule has 2 N–H and O–H groups in total. The zero-order valence-corrected chi connectivity index (χ0v) is 15.4. The minimum atomic E-state index is -0.313. The zero-order valence-electron chi connectivity index (χ0n) is 15.4. The summed E-state index contributed by atoms with van der Waals surface area (Å²) in [6.45, 7) is 0.130. The first-order valence-corrected chi connectivity index (χ1v) is 8.99. The summed E-state index contributed by atoms with van der Waals surface area (Å²) in [5.41, 5.74) is 0.826. The summed E-state index contributed by atoms with van der Waals surface area (Å²) in [5.74, 6) is -0.313. The normalized spacial score (nSPS) is 11.0. The van der Waals surface area contributed by atoms with Crippen LogP contribution in [0.25, 0.3) is 21.8 Å². The lowest BCUT2D eigenvalue weighted by molar-refractivity contribution is -0.120. The van der Waals surface area contributed by atoms with Gasteiger partial charge < -0.3 is 5.32 Å². The van der Waals surface area contributed by atoms with Crippen LogP contribution in [0.1, 0.15) is 0 Å². The fourth-order valence-electron chi connectivity index (χ4n) is 2.96. The van der Waals surface area contributed by atoms with E-state index in [0.29, 0.717) is 21.8 Å². The van der Waals surface area contributed by atoms with Crippen LogP contribution in [0.4, 0.5) is 0 Å². The molecule has 0 aliphatic heterocycles. The van der Waals surface area contributed by atoms with E-state index in [0.717, 1.165) is 0 Å². The van der Waals surface area contributed by atoms with Gasteiger partial charge in [0.1, 0.15) is 0 Å². The SMILES string of the molecule is O=C(CNCn1cnc2ccccc2c1=O)NCn1cnc2ccccc2c1=O. The lowest BCUT2D eigenvalue weighted by atomic mass is 10.2. The summed E-state index contributed by atoms with van der Waals surface area (Å²) in [7, 11) is 0. The van der Waals surface area contributed by atoms with Crippen LogP contribution < -0.4 is 21.8 Å². The van der Waals surface area contributed by atoms with Crippen molar-refractivity contribution in [2.24, 2.45) is 0 Å². The number of nitrogens with one attached hydrogen (secondary N) is 2. The molecule has 4 aromatic rings. The van der Waals surface area contributed by atoms with Crippen molar-refractivity contribution >= 4 is 27.7 Å². The van der Waals surface area contributed by atoms with E-state index in [4.69, 9.17) is 0 Å². The minimum absolute atomic E-state index is 0.00859. The van der Waals surface area contributed by atoms with Gasteiger partial charge in [0.25, 0.3) is 11.1 Å². The largest absolute Gasteiger partial charge is 0.337 e. The monoisotopic (exact) mass is 390 g/mol. The van der Waals surface area contributed by atoms with Gasteiger partial charge >= 0.3 is 0 Å². The Hall–Kier alpha value is -3.85. The molecule has 0 spiro atoms. The van der Waals surface area contributed by atoms with E-state index in [2.05, 4.69) is 20.6 Å². The number of hydrogen-bond acceptors (Lipinski definition) is 6. The van der Waals surface area contributed by atoms with Crippen LogP contribution in [0.3, 0.4) is 0 Å². The Kier molecular flexibility index (Phi) is 5.12. The molecule has 0 bridgehead atoms. The van der Waals surface area contributed by atoms with Crippen molar-refractivity contribution in [3.05, 3.63) is 81.9 Å². The van der Waals surface area contributed by atoms with Crippen LogP contribution in [-0.2, 0) is 18.1 Å². The number of aromatic nitrogens is 4. The van der Waals surface area contributed by atoms with Gasteiger partial charge in [0.05, 0.1) is 54.3 Å². The van der Waals surface area contributed by atoms with Gasteiger partial charge in [-0.3, -0.25) is 28.8 Å². The number of nitrogens with zero attached hydrogens (tertiary/aromatic N) is 4. The molecule has 2 aromatic carbocycles. The molecule has 2 heterocycles. The summed E-state index contributed by atoms with van der Waals surface area (Å²) in [4.78, 5) is 45.3. The minimum Gasteiger partial charge on any atom is -0.337 e. The second-order valence-corrected chi connectivity index (χ2v) is 6.42. The molecule has 2 aromatic heterocycles. The number of benzene rings is 2. The Morgan fingerprint density at radius 3 is 1.90 bits per heavy atom. The molecule has 1 amide bonds. The van der Waals surface area contributed by atoms with Crippen LogP contribution in [0.15, 0.2) is 70.8 Å². The Morgan fingerprint density at radius 1 is 0.793 bits per heavy atom. The van der Waals surface area contributed by atoms with Gasteiger partial charge in [0, 0.05) is 0 Å². The average Bonchev–Trinajstić information content (AvgIpc) is 2.75. The van der Waals surface area contributed by atoms with Crippen molar-refractivity contribution in [2.45, 2.75) is 13.3 Å². The topological polar surface area (TPSA) is 111 Å². The first-order chi connectivity index (χ1) is 14.1. The van der Waals surface area contributed by atoms with Crippen LogP contribution >= 0.6 is 0 Å². The summed E-state index contributed by atoms with van der Waals surface area (Å²) in [5, 5.41) is 6.56. The van der Waals surface area contributed by atoms with Gasteiger partial charge in [-0.15, -0.1) is 0 Å². The van der Waals surface area contributed by atoms with E-state index in [1.165, 1.54) is 21.8 Å². The highest BCUT2D eigenvalue weighted by atomic mass is 16.2. The van der Waals surface area contributed by atoms with Gasteiger partial charge in [-0.25, -0.2) is 9.97 Å². The van der Waals surface area contributed by atoms with Crippen molar-refractivity contribution in [1.29, 1.82) is 0 Å². The fraction of sp³-hybridized carbons (Fsp3) is 0.150. The molecule has 0 saturated carbocycles. The third-order valence-corrected chi connectivity index (χ3v) is 4.48. The number of fused-ring (bicyclic) bond motifs is 2. The molecule has 0 atom stereocenters. The molecule has 0 saturated heterocycles. The third kappa shape index (κ3) is 3.90. The van der Waals surface area contributed by atoms with E-state index in [-0.39, 0.29) is 36.9 Å². The highest BCUT2D eigenvalue weighted by Crippen LogP contribution is 2.05. The number of amides is 1. The van der Waals surface area contributed by atoms with E-state index in [1.54, 1.807) is 36.4 Å². The van der Waals surface area contributed by atoms with Gasteiger partial charge in [-0.2, -0.15) is 0 Å². The third-order valence-electron chi connectivity index (χ3n) is 4.48. The molecule has 0 fully saturated rings. The van der Waals surface area contributed by atoms with Crippen molar-refractivity contribution in [1.82, 2.24) is 29.7 Å². The molecular weight excluding hydrogens is 372 g/mol. The molecule has 9 nitrogen and oxygen atoms in total. The Bertz CT molecular complexity index is 1310. The predicted molar refractivity (Wildman–Crippen MR) is 108 cm³/mol. The molecule has 0 aliphatic carbocycles. The zero-order chi connectivity index (χ0) is 20.2. The maximum atomic E-state index is 12.4. The molecular formula is C20H18N6O3. The Labute approximate surface area is 164 Å². The van der Waals surface area contributed by atoms with Crippen molar-refractivity contribution in [3.63, 3.8) is 0 Å². The first-order valence-electron chi connectivity index (χ1n) is 8.99. The van der Waals surface area contributed by atoms with Crippen molar-refractivity contribution in [3.8, 4) is 0 Å². The quantitative estimate of drug-likeness (QED) is 0.494. The maximum Gasteiger partial charge on any atom is 0.262 e. The van der Waals surface area contributed by atoms with Crippen molar-refractivity contribution < 1.29 is 4.79 Å². The van der Waals surface area contributed by atoms with Gasteiger partial charge in [-0.1, -0.05) is 24.3 Å². The van der Waals surface area contributed by atoms with Gasteiger partial charge in [0.2, 0.25) is 5.91 Å². The standard InChI is InChI=1S/C20H18N6O3/c27-18(24-13-26-12-23-17-8-4-2-6-15(17)20(26)29)9-21-10-25-11-22-16-7-3-1-5-14(16)19(25)28/h1-8,11-12,21H,9-10,13H2,(H,24,27). The van der Waals surface area contributed by atoms with E-state index >= 15 is 0 Å². The summed E-state index contributed by atoms with van der Waals surface area (Å²) in [6, 6.07) is 14.1. The number of para-hydroxylation sites is 2. The average molecular weight is 390 g/mol. The number of hydrogen-bond donors (Lipinski definition) is 2. The van der Waals surface area contributed by atoms with Gasteiger partial charge in [0.15, 0.2) is 0 Å². The molecule has 146 valence electrons. The summed E-state index contributed by atoms with van der Waals surface area (Å²) >= 11 is 0. The van der Waals surface area contributed by atoms with Crippen LogP contribution in [-0.4, -0.2) is 31.6 Å².